The van der Waals surface area contributed by atoms with Gasteiger partial charge in [0, 0.05) is 25.6 Å². The Morgan fingerprint density at radius 2 is 1.80 bits per heavy atom. The van der Waals surface area contributed by atoms with Gasteiger partial charge in [0.05, 0.1) is 0 Å². The Morgan fingerprint density at radius 3 is 2.36 bits per heavy atom. The maximum atomic E-state index is 12.6. The van der Waals surface area contributed by atoms with Crippen molar-refractivity contribution in [1.82, 2.24) is 10.2 Å². The number of benzene rings is 1. The summed E-state index contributed by atoms with van der Waals surface area (Å²) in [6, 6.07) is 9.37. The molecule has 0 radical (unpaired) electrons. The first-order chi connectivity index (χ1) is 11.7. The van der Waals surface area contributed by atoms with Crippen LogP contribution in [0.15, 0.2) is 24.3 Å². The number of nitrogens with one attached hydrogen (secondary N) is 1. The van der Waals surface area contributed by atoms with Crippen LogP contribution in [-0.4, -0.2) is 36.5 Å². The number of rotatable bonds is 7. The second-order valence-electron chi connectivity index (χ2n) is 7.71. The summed E-state index contributed by atoms with van der Waals surface area (Å²) in [7, 11) is 0. The van der Waals surface area contributed by atoms with E-state index in [0.717, 1.165) is 38.3 Å². The van der Waals surface area contributed by atoms with Crippen molar-refractivity contribution in [2.75, 3.05) is 19.6 Å². The predicted molar refractivity (Wildman–Crippen MR) is 106 cm³/mol. The largest absolute Gasteiger partial charge is 0.343 e. The highest BCUT2D eigenvalue weighted by molar-refractivity contribution is 5.85. The van der Waals surface area contributed by atoms with Crippen LogP contribution in [0, 0.1) is 5.92 Å². The third-order valence-electron chi connectivity index (χ3n) is 5.68. The number of nitrogens with zero attached hydrogens (tertiary/aromatic N) is 1. The van der Waals surface area contributed by atoms with E-state index in [9.17, 15) is 4.79 Å². The van der Waals surface area contributed by atoms with Crippen LogP contribution in [0.25, 0.3) is 0 Å². The van der Waals surface area contributed by atoms with Crippen LogP contribution in [0.3, 0.4) is 0 Å². The summed E-state index contributed by atoms with van der Waals surface area (Å²) >= 11 is 0. The fourth-order valence-electron chi connectivity index (χ4n) is 3.58. The van der Waals surface area contributed by atoms with Gasteiger partial charge in [0.2, 0.25) is 5.91 Å². The number of halogens is 1. The summed E-state index contributed by atoms with van der Waals surface area (Å²) in [5.41, 5.74) is 2.64. The molecule has 0 spiro atoms. The molecule has 25 heavy (non-hydrogen) atoms. The minimum absolute atomic E-state index is 0. The molecule has 1 aromatic rings. The SMILES string of the molecule is CCc1ccc(C(C)CC(=O)N2CCC(NCC3CC3)CC2)cc1.Cl. The number of carbonyl (C=O) groups excluding carboxylic acids is 1. The summed E-state index contributed by atoms with van der Waals surface area (Å²) in [4.78, 5) is 14.7. The molecule has 2 aliphatic rings. The maximum absolute atomic E-state index is 12.6. The van der Waals surface area contributed by atoms with E-state index in [1.807, 2.05) is 0 Å². The summed E-state index contributed by atoms with van der Waals surface area (Å²) in [6.45, 7) is 7.36. The van der Waals surface area contributed by atoms with Crippen LogP contribution in [0.4, 0.5) is 0 Å². The molecule has 3 rings (SSSR count). The highest BCUT2D eigenvalue weighted by Gasteiger charge is 2.26. The van der Waals surface area contributed by atoms with Gasteiger partial charge in [0.25, 0.3) is 0 Å². The third-order valence-corrected chi connectivity index (χ3v) is 5.68. The lowest BCUT2D eigenvalue weighted by Gasteiger charge is -2.33. The molecule has 1 unspecified atom stereocenters. The van der Waals surface area contributed by atoms with Gasteiger partial charge in [-0.25, -0.2) is 0 Å². The van der Waals surface area contributed by atoms with Gasteiger partial charge in [-0.3, -0.25) is 4.79 Å². The van der Waals surface area contributed by atoms with E-state index in [2.05, 4.69) is 48.3 Å². The molecule has 1 aliphatic carbocycles. The summed E-state index contributed by atoms with van der Waals surface area (Å²) < 4.78 is 0. The van der Waals surface area contributed by atoms with Crippen molar-refractivity contribution < 1.29 is 4.79 Å². The third kappa shape index (κ3) is 6.00. The minimum atomic E-state index is 0. The molecular formula is C21H33ClN2O. The quantitative estimate of drug-likeness (QED) is 0.788. The monoisotopic (exact) mass is 364 g/mol. The van der Waals surface area contributed by atoms with Crippen LogP contribution < -0.4 is 5.32 Å². The fraction of sp³-hybridized carbons (Fsp3) is 0.667. The molecule has 1 aliphatic heterocycles. The molecule has 1 N–H and O–H groups in total. The normalized spacial score (nSPS) is 19.4. The van der Waals surface area contributed by atoms with Crippen molar-refractivity contribution in [1.29, 1.82) is 0 Å². The molecule has 2 fully saturated rings. The number of hydrogen-bond donors (Lipinski definition) is 1. The first-order valence-corrected chi connectivity index (χ1v) is 9.75. The van der Waals surface area contributed by atoms with Gasteiger partial charge < -0.3 is 10.2 Å². The first-order valence-electron chi connectivity index (χ1n) is 9.75. The maximum Gasteiger partial charge on any atom is 0.223 e. The summed E-state index contributed by atoms with van der Waals surface area (Å²) in [5, 5.41) is 3.68. The number of aryl methyl sites for hydroxylation is 1. The first kappa shape index (κ1) is 20.3. The van der Waals surface area contributed by atoms with Crippen molar-refractivity contribution >= 4 is 18.3 Å². The molecule has 1 heterocycles. The molecule has 0 bridgehead atoms. The van der Waals surface area contributed by atoms with Gasteiger partial charge in [-0.1, -0.05) is 38.1 Å². The van der Waals surface area contributed by atoms with Crippen molar-refractivity contribution in [2.24, 2.45) is 5.92 Å². The molecule has 1 aromatic carbocycles. The zero-order valence-corrected chi connectivity index (χ0v) is 16.5. The Hall–Kier alpha value is -1.06. The van der Waals surface area contributed by atoms with Crippen LogP contribution in [0.1, 0.15) is 63.0 Å². The highest BCUT2D eigenvalue weighted by Crippen LogP contribution is 2.28. The van der Waals surface area contributed by atoms with Gasteiger partial charge in [0.15, 0.2) is 0 Å². The molecule has 1 saturated carbocycles. The number of hydrogen-bond acceptors (Lipinski definition) is 2. The zero-order valence-electron chi connectivity index (χ0n) is 15.7. The highest BCUT2D eigenvalue weighted by atomic mass is 35.5. The molecule has 4 heteroatoms. The summed E-state index contributed by atoms with van der Waals surface area (Å²) in [6.07, 6.45) is 6.72. The average molecular weight is 365 g/mol. The van der Waals surface area contributed by atoms with Crippen molar-refractivity contribution in [3.8, 4) is 0 Å². The van der Waals surface area contributed by atoms with Crippen molar-refractivity contribution in [2.45, 2.75) is 64.3 Å². The van der Waals surface area contributed by atoms with E-state index in [4.69, 9.17) is 0 Å². The van der Waals surface area contributed by atoms with E-state index in [1.54, 1.807) is 0 Å². The van der Waals surface area contributed by atoms with E-state index >= 15 is 0 Å². The topological polar surface area (TPSA) is 32.3 Å². The number of carbonyl (C=O) groups is 1. The van der Waals surface area contributed by atoms with Gasteiger partial charge in [-0.05, 0) is 61.6 Å². The van der Waals surface area contributed by atoms with Crippen molar-refractivity contribution in [3.05, 3.63) is 35.4 Å². The second-order valence-corrected chi connectivity index (χ2v) is 7.71. The Labute approximate surface area is 159 Å². The van der Waals surface area contributed by atoms with Gasteiger partial charge in [-0.15, -0.1) is 12.4 Å². The molecule has 3 nitrogen and oxygen atoms in total. The lowest BCUT2D eigenvalue weighted by molar-refractivity contribution is -0.132. The molecular weight excluding hydrogens is 332 g/mol. The van der Waals surface area contributed by atoms with Crippen LogP contribution >= 0.6 is 12.4 Å². The Kier molecular flexibility index (Phi) is 7.77. The van der Waals surface area contributed by atoms with Crippen LogP contribution in [-0.2, 0) is 11.2 Å². The standard InChI is InChI=1S/C21H32N2O.ClH/c1-3-17-6-8-19(9-7-17)16(2)14-21(24)23-12-10-20(11-13-23)22-15-18-4-5-18;/h6-9,16,18,20,22H,3-5,10-15H2,1-2H3;1H. The smallest absolute Gasteiger partial charge is 0.223 e. The Balaban J connectivity index is 0.00000225. The number of likely N-dealkylation sites (tertiary alicyclic amines) is 1. The second kappa shape index (κ2) is 9.59. The average Bonchev–Trinajstić information content (AvgIpc) is 3.45. The van der Waals surface area contributed by atoms with E-state index < -0.39 is 0 Å². The van der Waals surface area contributed by atoms with E-state index in [0.29, 0.717) is 24.3 Å². The number of piperidine rings is 1. The number of amides is 1. The lowest BCUT2D eigenvalue weighted by atomic mass is 9.95. The molecule has 1 saturated heterocycles. The molecule has 140 valence electrons. The van der Waals surface area contributed by atoms with Gasteiger partial charge in [-0.2, -0.15) is 0 Å². The predicted octanol–water partition coefficient (Wildman–Crippen LogP) is 4.16. The Bertz CT molecular complexity index is 533. The molecule has 1 atom stereocenters. The van der Waals surface area contributed by atoms with E-state index in [-0.39, 0.29) is 12.4 Å². The van der Waals surface area contributed by atoms with Gasteiger partial charge >= 0.3 is 0 Å². The van der Waals surface area contributed by atoms with Crippen LogP contribution in [0.5, 0.6) is 0 Å². The zero-order chi connectivity index (χ0) is 16.9. The molecule has 1 amide bonds. The minimum Gasteiger partial charge on any atom is -0.343 e. The fourth-order valence-corrected chi connectivity index (χ4v) is 3.58. The van der Waals surface area contributed by atoms with Crippen LogP contribution in [0.2, 0.25) is 0 Å². The Morgan fingerprint density at radius 1 is 1.16 bits per heavy atom. The molecule has 0 aromatic heterocycles. The lowest BCUT2D eigenvalue weighted by Crippen LogP contribution is -2.45. The van der Waals surface area contributed by atoms with E-state index in [1.165, 1.54) is 30.5 Å². The summed E-state index contributed by atoms with van der Waals surface area (Å²) in [5.74, 6) is 1.56. The van der Waals surface area contributed by atoms with Gasteiger partial charge in [0.1, 0.15) is 0 Å². The van der Waals surface area contributed by atoms with Crippen molar-refractivity contribution in [3.63, 3.8) is 0 Å².